The number of hydrogen-bond acceptors (Lipinski definition) is 3. The molecule has 0 aliphatic carbocycles. The van der Waals surface area contributed by atoms with Crippen LogP contribution in [-0.2, 0) is 6.42 Å². The maximum absolute atomic E-state index is 11.0. The van der Waals surface area contributed by atoms with Gasteiger partial charge in [0, 0.05) is 7.05 Å². The number of hydrogen-bond donors (Lipinski definition) is 1. The van der Waals surface area contributed by atoms with E-state index in [0.29, 0.717) is 5.75 Å². The van der Waals surface area contributed by atoms with E-state index >= 15 is 0 Å². The molecule has 0 bridgehead atoms. The monoisotopic (exact) mass is 378 g/mol. The molecule has 0 atom stereocenters. The number of nitrogens with one attached hydrogen (secondary N) is 1. The lowest BCUT2D eigenvalue weighted by Gasteiger charge is -2.09. The largest absolute Gasteiger partial charge is 0.412 e. The van der Waals surface area contributed by atoms with Crippen LogP contribution < -0.4 is 10.1 Å². The molecule has 1 aromatic rings. The molecular weight excluding hydrogens is 355 g/mol. The zero-order chi connectivity index (χ0) is 14.7. The molecule has 0 fully saturated rings. The summed E-state index contributed by atoms with van der Waals surface area (Å²) in [5.41, 5.74) is 1.26. The molecule has 0 heterocycles. The highest BCUT2D eigenvalue weighted by Gasteiger charge is 2.01. The standard InChI is InChI=1S/C13H20N2O2.CH3I/c1-14-13(16)17-12-8-6-11(7-9-12)5-4-10-15(2)3;1-2/h6-9H,4-5,10H2,1-3H3,(H,14,16);1H3. The average molecular weight is 378 g/mol. The fourth-order valence-electron chi connectivity index (χ4n) is 1.48. The number of carbonyl (C=O) groups excluding carboxylic acids is 1. The van der Waals surface area contributed by atoms with E-state index in [-0.39, 0.29) is 0 Å². The van der Waals surface area contributed by atoms with Gasteiger partial charge in [0.05, 0.1) is 0 Å². The fraction of sp³-hybridized carbons (Fsp3) is 0.500. The van der Waals surface area contributed by atoms with Crippen LogP contribution in [0.1, 0.15) is 12.0 Å². The molecule has 0 saturated heterocycles. The van der Waals surface area contributed by atoms with Gasteiger partial charge in [-0.1, -0.05) is 34.7 Å². The Balaban J connectivity index is 0.00000154. The van der Waals surface area contributed by atoms with E-state index in [1.807, 2.05) is 29.2 Å². The van der Waals surface area contributed by atoms with Gasteiger partial charge in [0.15, 0.2) is 0 Å². The highest BCUT2D eigenvalue weighted by Crippen LogP contribution is 2.13. The van der Waals surface area contributed by atoms with Gasteiger partial charge >= 0.3 is 6.09 Å². The van der Waals surface area contributed by atoms with Gasteiger partial charge in [0.2, 0.25) is 0 Å². The topological polar surface area (TPSA) is 41.6 Å². The zero-order valence-corrected chi connectivity index (χ0v) is 14.2. The lowest BCUT2D eigenvalue weighted by molar-refractivity contribution is 0.203. The summed E-state index contributed by atoms with van der Waals surface area (Å²) in [6.45, 7) is 1.08. The second-order valence-corrected chi connectivity index (χ2v) is 4.19. The van der Waals surface area contributed by atoms with Crippen molar-refractivity contribution in [1.29, 1.82) is 0 Å². The molecule has 19 heavy (non-hydrogen) atoms. The molecule has 0 aromatic heterocycles. The Labute approximate surface area is 129 Å². The van der Waals surface area contributed by atoms with E-state index < -0.39 is 6.09 Å². The number of carbonyl (C=O) groups is 1. The van der Waals surface area contributed by atoms with Gasteiger partial charge in [-0.3, -0.25) is 0 Å². The van der Waals surface area contributed by atoms with Crippen molar-refractivity contribution in [3.05, 3.63) is 29.8 Å². The van der Waals surface area contributed by atoms with Gasteiger partial charge in [-0.25, -0.2) is 4.79 Å². The highest BCUT2D eigenvalue weighted by molar-refractivity contribution is 14.1. The Bertz CT molecular complexity index is 353. The highest BCUT2D eigenvalue weighted by atomic mass is 127. The lowest BCUT2D eigenvalue weighted by Crippen LogP contribution is -2.21. The van der Waals surface area contributed by atoms with Crippen molar-refractivity contribution < 1.29 is 9.53 Å². The van der Waals surface area contributed by atoms with Crippen LogP contribution in [0.25, 0.3) is 0 Å². The molecule has 1 aromatic carbocycles. The molecule has 1 N–H and O–H groups in total. The second-order valence-electron chi connectivity index (χ2n) is 4.19. The van der Waals surface area contributed by atoms with Crippen LogP contribution in [0.5, 0.6) is 5.75 Å². The predicted octanol–water partition coefficient (Wildman–Crippen LogP) is 2.95. The normalized spacial score (nSPS) is 9.58. The number of benzene rings is 1. The first kappa shape index (κ1) is 18.2. The molecule has 0 aliphatic rings. The van der Waals surface area contributed by atoms with E-state index in [4.69, 9.17) is 4.74 Å². The summed E-state index contributed by atoms with van der Waals surface area (Å²) in [6, 6.07) is 7.63. The van der Waals surface area contributed by atoms with Crippen molar-refractivity contribution >= 4 is 28.7 Å². The van der Waals surface area contributed by atoms with Crippen molar-refractivity contribution in [2.45, 2.75) is 12.8 Å². The third-order valence-electron chi connectivity index (χ3n) is 2.41. The second kappa shape index (κ2) is 11.0. The Morgan fingerprint density at radius 3 is 2.32 bits per heavy atom. The maximum atomic E-state index is 11.0. The van der Waals surface area contributed by atoms with E-state index in [9.17, 15) is 4.79 Å². The minimum atomic E-state index is -0.439. The summed E-state index contributed by atoms with van der Waals surface area (Å²) in [7, 11) is 5.68. The molecule has 0 spiro atoms. The average Bonchev–Trinajstić information content (AvgIpc) is 2.42. The molecule has 5 heteroatoms. The molecule has 0 aliphatic heterocycles. The quantitative estimate of drug-likeness (QED) is 0.633. The smallest absolute Gasteiger partial charge is 0.410 e. The Kier molecular flexibility index (Phi) is 10.6. The first-order valence-corrected chi connectivity index (χ1v) is 8.28. The van der Waals surface area contributed by atoms with Crippen molar-refractivity contribution in [1.82, 2.24) is 10.2 Å². The summed E-state index contributed by atoms with van der Waals surface area (Å²) in [4.78, 5) is 15.1. The third-order valence-corrected chi connectivity index (χ3v) is 2.41. The van der Waals surface area contributed by atoms with Crippen molar-refractivity contribution in [2.24, 2.45) is 0 Å². The van der Waals surface area contributed by atoms with Gasteiger partial charge in [-0.15, -0.1) is 0 Å². The summed E-state index contributed by atoms with van der Waals surface area (Å²) in [6.07, 6.45) is 1.73. The number of amides is 1. The number of rotatable bonds is 5. The third kappa shape index (κ3) is 8.83. The van der Waals surface area contributed by atoms with E-state index in [2.05, 4.69) is 46.9 Å². The van der Waals surface area contributed by atoms with Crippen LogP contribution in [0, 0.1) is 0 Å². The zero-order valence-electron chi connectivity index (χ0n) is 12.1. The minimum absolute atomic E-state index is 0.439. The Morgan fingerprint density at radius 1 is 1.26 bits per heavy atom. The Hall–Kier alpha value is -0.820. The summed E-state index contributed by atoms with van der Waals surface area (Å²) in [5.74, 6) is 0.570. The summed E-state index contributed by atoms with van der Waals surface area (Å²) >= 11 is 2.15. The van der Waals surface area contributed by atoms with Crippen molar-refractivity contribution in [3.63, 3.8) is 0 Å². The molecular formula is C14H23IN2O2. The summed E-state index contributed by atoms with van der Waals surface area (Å²) < 4.78 is 5.00. The van der Waals surface area contributed by atoms with Crippen molar-refractivity contribution in [3.8, 4) is 5.75 Å². The molecule has 4 nitrogen and oxygen atoms in total. The summed E-state index contributed by atoms with van der Waals surface area (Å²) in [5, 5.41) is 2.41. The first-order chi connectivity index (χ1) is 9.11. The Morgan fingerprint density at radius 2 is 1.84 bits per heavy atom. The van der Waals surface area contributed by atoms with Crippen LogP contribution in [0.15, 0.2) is 24.3 Å². The van der Waals surface area contributed by atoms with Crippen LogP contribution in [0.4, 0.5) is 4.79 Å². The van der Waals surface area contributed by atoms with E-state index in [1.54, 1.807) is 0 Å². The molecule has 0 saturated carbocycles. The van der Waals surface area contributed by atoms with Crippen LogP contribution in [0.3, 0.4) is 0 Å². The predicted molar refractivity (Wildman–Crippen MR) is 88.3 cm³/mol. The number of halogens is 1. The minimum Gasteiger partial charge on any atom is -0.410 e. The number of alkyl halides is 1. The molecule has 1 rings (SSSR count). The van der Waals surface area contributed by atoms with Crippen LogP contribution >= 0.6 is 22.6 Å². The molecule has 0 unspecified atom stereocenters. The lowest BCUT2D eigenvalue weighted by atomic mass is 10.1. The number of aryl methyl sites for hydroxylation is 1. The van der Waals surface area contributed by atoms with E-state index in [0.717, 1.165) is 19.4 Å². The fourth-order valence-corrected chi connectivity index (χ4v) is 1.48. The van der Waals surface area contributed by atoms with Gasteiger partial charge in [-0.05, 0) is 56.1 Å². The van der Waals surface area contributed by atoms with Gasteiger partial charge < -0.3 is 15.0 Å². The molecule has 0 radical (unpaired) electrons. The van der Waals surface area contributed by atoms with Crippen LogP contribution in [-0.4, -0.2) is 43.6 Å². The molecule has 108 valence electrons. The van der Waals surface area contributed by atoms with Gasteiger partial charge in [0.25, 0.3) is 0 Å². The number of ether oxygens (including phenoxy) is 1. The SMILES string of the molecule is CI.CNC(=O)Oc1ccc(CCCN(C)C)cc1. The molecule has 1 amide bonds. The van der Waals surface area contributed by atoms with Crippen molar-refractivity contribution in [2.75, 3.05) is 32.6 Å². The number of nitrogens with zero attached hydrogens (tertiary/aromatic N) is 1. The first-order valence-electron chi connectivity index (χ1n) is 6.13. The maximum Gasteiger partial charge on any atom is 0.412 e. The van der Waals surface area contributed by atoms with E-state index in [1.165, 1.54) is 12.6 Å². The van der Waals surface area contributed by atoms with Gasteiger partial charge in [0.1, 0.15) is 5.75 Å². The van der Waals surface area contributed by atoms with Crippen LogP contribution in [0.2, 0.25) is 0 Å². The van der Waals surface area contributed by atoms with Gasteiger partial charge in [-0.2, -0.15) is 0 Å².